The molecule has 1 fully saturated rings. The summed E-state index contributed by atoms with van der Waals surface area (Å²) in [6.45, 7) is 9.21. The van der Waals surface area contributed by atoms with Crippen LogP contribution in [0.15, 0.2) is 65.8 Å². The summed E-state index contributed by atoms with van der Waals surface area (Å²) >= 11 is 1.63. The Hall–Kier alpha value is -2.86. The maximum Gasteiger partial charge on any atom is 0.251 e. The second-order valence-corrected chi connectivity index (χ2v) is 10.4. The van der Waals surface area contributed by atoms with Crippen molar-refractivity contribution in [3.63, 3.8) is 0 Å². The zero-order valence-electron chi connectivity index (χ0n) is 19.7. The number of aromatic nitrogens is 2. The number of carbonyl (C=O) groups is 1. The largest absolute Gasteiger partial charge is 0.356 e. The van der Waals surface area contributed by atoms with E-state index in [9.17, 15) is 4.79 Å². The first-order chi connectivity index (χ1) is 15.9. The van der Waals surface area contributed by atoms with Gasteiger partial charge in [-0.05, 0) is 36.1 Å². The van der Waals surface area contributed by atoms with Crippen molar-refractivity contribution in [1.82, 2.24) is 15.3 Å². The summed E-state index contributed by atoms with van der Waals surface area (Å²) in [6, 6.07) is 19.9. The standard InChI is InChI=1S/C27H32N4OS/c1-27(2,3)23-17-24(31-14-7-8-15-31)30-26(29-23)33-19-21-12-9-13-22(16-21)25(32)28-18-20-10-5-4-6-11-20/h4-6,9-13,16-17H,7-8,14-15,18-19H2,1-3H3,(H,28,32). The molecule has 4 rings (SSSR count). The Labute approximate surface area is 201 Å². The van der Waals surface area contributed by atoms with Crippen molar-refractivity contribution in [3.05, 3.63) is 83.0 Å². The predicted octanol–water partition coefficient (Wildman–Crippen LogP) is 5.60. The van der Waals surface area contributed by atoms with Gasteiger partial charge in [-0.2, -0.15) is 0 Å². The molecule has 0 unspecified atom stereocenters. The van der Waals surface area contributed by atoms with Crippen molar-refractivity contribution in [3.8, 4) is 0 Å². The topological polar surface area (TPSA) is 58.1 Å². The fourth-order valence-electron chi connectivity index (χ4n) is 3.80. The number of nitrogens with zero attached hydrogens (tertiary/aromatic N) is 3. The van der Waals surface area contributed by atoms with E-state index < -0.39 is 0 Å². The molecule has 3 aromatic rings. The summed E-state index contributed by atoms with van der Waals surface area (Å²) < 4.78 is 0. The Morgan fingerprint density at radius 1 is 0.970 bits per heavy atom. The van der Waals surface area contributed by atoms with E-state index in [4.69, 9.17) is 9.97 Å². The molecule has 0 aliphatic carbocycles. The number of benzene rings is 2. The molecule has 1 aliphatic rings. The van der Waals surface area contributed by atoms with Crippen LogP contribution in [-0.2, 0) is 17.7 Å². The number of hydrogen-bond acceptors (Lipinski definition) is 5. The first kappa shape index (κ1) is 23.3. The van der Waals surface area contributed by atoms with Crippen LogP contribution in [-0.4, -0.2) is 29.0 Å². The maximum absolute atomic E-state index is 12.6. The molecule has 1 aromatic heterocycles. The fourth-order valence-corrected chi connectivity index (χ4v) is 4.60. The molecule has 1 amide bonds. The molecule has 1 saturated heterocycles. The quantitative estimate of drug-likeness (QED) is 0.368. The Morgan fingerprint density at radius 3 is 2.42 bits per heavy atom. The molecule has 1 aliphatic heterocycles. The van der Waals surface area contributed by atoms with Crippen molar-refractivity contribution in [1.29, 1.82) is 0 Å². The van der Waals surface area contributed by atoms with Crippen LogP contribution in [0.1, 0.15) is 60.8 Å². The number of carbonyl (C=O) groups excluding carboxylic acids is 1. The van der Waals surface area contributed by atoms with E-state index in [-0.39, 0.29) is 11.3 Å². The van der Waals surface area contributed by atoms with E-state index in [1.165, 1.54) is 12.8 Å². The van der Waals surface area contributed by atoms with Gasteiger partial charge in [-0.1, -0.05) is 75.0 Å². The van der Waals surface area contributed by atoms with Crippen molar-refractivity contribution < 1.29 is 4.79 Å². The number of rotatable bonds is 7. The van der Waals surface area contributed by atoms with E-state index >= 15 is 0 Å². The lowest BCUT2D eigenvalue weighted by molar-refractivity contribution is 0.0951. The molecule has 172 valence electrons. The maximum atomic E-state index is 12.6. The lowest BCUT2D eigenvalue weighted by Gasteiger charge is -2.23. The van der Waals surface area contributed by atoms with Gasteiger partial charge in [0, 0.05) is 42.4 Å². The second-order valence-electron chi connectivity index (χ2n) is 9.50. The SMILES string of the molecule is CC(C)(C)c1cc(N2CCCC2)nc(SCc2cccc(C(=O)NCc3ccccc3)c2)n1. The third kappa shape index (κ3) is 6.35. The number of amides is 1. The Kier molecular flexibility index (Phi) is 7.33. The second kappa shape index (κ2) is 10.4. The molecule has 0 radical (unpaired) electrons. The molecule has 0 spiro atoms. The molecule has 1 N–H and O–H groups in total. The van der Waals surface area contributed by atoms with Crippen molar-refractivity contribution >= 4 is 23.5 Å². The van der Waals surface area contributed by atoms with Gasteiger partial charge >= 0.3 is 0 Å². The van der Waals surface area contributed by atoms with Gasteiger partial charge in [0.05, 0.1) is 5.69 Å². The summed E-state index contributed by atoms with van der Waals surface area (Å²) in [5.74, 6) is 1.68. The van der Waals surface area contributed by atoms with E-state index in [0.29, 0.717) is 17.9 Å². The molecule has 5 nitrogen and oxygen atoms in total. The highest BCUT2D eigenvalue weighted by Gasteiger charge is 2.22. The van der Waals surface area contributed by atoms with Gasteiger partial charge in [-0.25, -0.2) is 9.97 Å². The van der Waals surface area contributed by atoms with Gasteiger partial charge < -0.3 is 10.2 Å². The number of hydrogen-bond donors (Lipinski definition) is 1. The van der Waals surface area contributed by atoms with Gasteiger partial charge in [0.15, 0.2) is 5.16 Å². The predicted molar refractivity (Wildman–Crippen MR) is 136 cm³/mol. The minimum Gasteiger partial charge on any atom is -0.356 e. The highest BCUT2D eigenvalue weighted by atomic mass is 32.2. The Balaban J connectivity index is 1.44. The molecule has 0 saturated carbocycles. The average Bonchev–Trinajstić information content (AvgIpc) is 3.36. The fraction of sp³-hybridized carbons (Fsp3) is 0.370. The van der Waals surface area contributed by atoms with Gasteiger partial charge in [0.1, 0.15) is 5.82 Å². The summed E-state index contributed by atoms with van der Waals surface area (Å²) in [4.78, 5) is 24.7. The highest BCUT2D eigenvalue weighted by molar-refractivity contribution is 7.98. The van der Waals surface area contributed by atoms with Crippen LogP contribution in [0.4, 0.5) is 5.82 Å². The normalized spacial score (nSPS) is 13.8. The highest BCUT2D eigenvalue weighted by Crippen LogP contribution is 2.29. The monoisotopic (exact) mass is 460 g/mol. The van der Waals surface area contributed by atoms with Gasteiger partial charge in [-0.3, -0.25) is 4.79 Å². The Morgan fingerprint density at radius 2 is 1.70 bits per heavy atom. The summed E-state index contributed by atoms with van der Waals surface area (Å²) in [5, 5.41) is 3.80. The first-order valence-corrected chi connectivity index (χ1v) is 12.6. The van der Waals surface area contributed by atoms with Crippen molar-refractivity contribution in [2.75, 3.05) is 18.0 Å². The molecular weight excluding hydrogens is 428 g/mol. The first-order valence-electron chi connectivity index (χ1n) is 11.6. The smallest absolute Gasteiger partial charge is 0.251 e. The van der Waals surface area contributed by atoms with Crippen LogP contribution in [0, 0.1) is 0 Å². The third-order valence-electron chi connectivity index (χ3n) is 5.74. The minimum atomic E-state index is -0.0620. The lowest BCUT2D eigenvalue weighted by Crippen LogP contribution is -2.22. The van der Waals surface area contributed by atoms with Gasteiger partial charge in [-0.15, -0.1) is 0 Å². The number of thioether (sulfide) groups is 1. The van der Waals surface area contributed by atoms with Crippen LogP contribution in [0.3, 0.4) is 0 Å². The molecule has 6 heteroatoms. The van der Waals surface area contributed by atoms with Crippen LogP contribution in [0.25, 0.3) is 0 Å². The van der Waals surface area contributed by atoms with E-state index in [1.807, 2.05) is 48.5 Å². The molecule has 33 heavy (non-hydrogen) atoms. The third-order valence-corrected chi connectivity index (χ3v) is 6.66. The van der Waals surface area contributed by atoms with Crippen LogP contribution >= 0.6 is 11.8 Å². The van der Waals surface area contributed by atoms with Crippen molar-refractivity contribution in [2.45, 2.75) is 56.5 Å². The molecule has 0 bridgehead atoms. The van der Waals surface area contributed by atoms with E-state index in [2.05, 4.69) is 43.1 Å². The number of anilines is 1. The summed E-state index contributed by atoms with van der Waals surface area (Å²) in [7, 11) is 0. The summed E-state index contributed by atoms with van der Waals surface area (Å²) in [6.07, 6.45) is 2.44. The van der Waals surface area contributed by atoms with Crippen molar-refractivity contribution in [2.24, 2.45) is 0 Å². The van der Waals surface area contributed by atoms with Gasteiger partial charge in [0.25, 0.3) is 5.91 Å². The molecule has 2 aromatic carbocycles. The molecule has 2 heterocycles. The summed E-state index contributed by atoms with van der Waals surface area (Å²) in [5.41, 5.74) is 3.87. The molecular formula is C27H32N4OS. The molecule has 0 atom stereocenters. The zero-order valence-corrected chi connectivity index (χ0v) is 20.5. The zero-order chi connectivity index (χ0) is 23.3. The minimum absolute atomic E-state index is 0.0382. The average molecular weight is 461 g/mol. The van der Waals surface area contributed by atoms with Crippen LogP contribution < -0.4 is 10.2 Å². The van der Waals surface area contributed by atoms with Gasteiger partial charge in [0.2, 0.25) is 0 Å². The van der Waals surface area contributed by atoms with E-state index in [1.54, 1.807) is 11.8 Å². The van der Waals surface area contributed by atoms with Crippen LogP contribution in [0.2, 0.25) is 0 Å². The Bertz CT molecular complexity index is 1090. The number of nitrogens with one attached hydrogen (secondary N) is 1. The lowest BCUT2D eigenvalue weighted by atomic mass is 9.92. The van der Waals surface area contributed by atoms with E-state index in [0.717, 1.165) is 40.9 Å². The van der Waals surface area contributed by atoms with Crippen LogP contribution in [0.5, 0.6) is 0 Å².